The molecule has 0 atom stereocenters. The zero-order valence-corrected chi connectivity index (χ0v) is 11.2. The van der Waals surface area contributed by atoms with Crippen LogP contribution < -0.4 is 10.6 Å². The van der Waals surface area contributed by atoms with E-state index in [-0.39, 0.29) is 11.9 Å². The summed E-state index contributed by atoms with van der Waals surface area (Å²) >= 11 is 0. The van der Waals surface area contributed by atoms with Gasteiger partial charge in [0.2, 0.25) is 0 Å². The van der Waals surface area contributed by atoms with Gasteiger partial charge in [0.1, 0.15) is 5.82 Å². The molecule has 2 rings (SSSR count). The van der Waals surface area contributed by atoms with Crippen LogP contribution in [0.3, 0.4) is 0 Å². The monoisotopic (exact) mass is 328 g/mol. The van der Waals surface area contributed by atoms with E-state index < -0.39 is 35.1 Å². The Balaban J connectivity index is 2.07. The quantitative estimate of drug-likeness (QED) is 0.830. The number of anilines is 1. The van der Waals surface area contributed by atoms with Crippen LogP contribution in [0.15, 0.2) is 36.8 Å². The highest BCUT2D eigenvalue weighted by Gasteiger charge is 2.31. The first kappa shape index (κ1) is 16.3. The van der Waals surface area contributed by atoms with Crippen molar-refractivity contribution < 1.29 is 27.2 Å². The number of urea groups is 1. The zero-order valence-electron chi connectivity index (χ0n) is 11.2. The number of halogens is 4. The molecule has 0 saturated heterocycles. The highest BCUT2D eigenvalue weighted by Crippen LogP contribution is 2.30. The lowest BCUT2D eigenvalue weighted by Gasteiger charge is -2.09. The Hall–Kier alpha value is -3.04. The van der Waals surface area contributed by atoms with Crippen molar-refractivity contribution in [2.24, 2.45) is 0 Å². The van der Waals surface area contributed by atoms with Crippen molar-refractivity contribution in [1.82, 2.24) is 15.3 Å². The van der Waals surface area contributed by atoms with Crippen LogP contribution in [-0.2, 0) is 6.18 Å². The third-order valence-corrected chi connectivity index (χ3v) is 2.57. The van der Waals surface area contributed by atoms with Gasteiger partial charge in [0.25, 0.3) is 5.91 Å². The Bertz CT molecular complexity index is 734. The van der Waals surface area contributed by atoms with Gasteiger partial charge in [-0.05, 0) is 18.2 Å². The minimum atomic E-state index is -4.74. The van der Waals surface area contributed by atoms with Crippen LogP contribution >= 0.6 is 0 Å². The second kappa shape index (κ2) is 6.38. The van der Waals surface area contributed by atoms with E-state index in [0.717, 1.165) is 0 Å². The van der Waals surface area contributed by atoms with E-state index in [2.05, 4.69) is 15.3 Å². The van der Waals surface area contributed by atoms with Gasteiger partial charge in [-0.3, -0.25) is 20.4 Å². The Labute approximate surface area is 126 Å². The molecule has 1 heterocycles. The zero-order chi connectivity index (χ0) is 17.0. The third-order valence-electron chi connectivity index (χ3n) is 2.57. The van der Waals surface area contributed by atoms with Gasteiger partial charge in [0.05, 0.1) is 17.3 Å². The van der Waals surface area contributed by atoms with Gasteiger partial charge < -0.3 is 0 Å². The van der Waals surface area contributed by atoms with Crippen LogP contribution in [0.4, 0.5) is 28.2 Å². The molecule has 0 saturated carbocycles. The van der Waals surface area contributed by atoms with E-state index >= 15 is 0 Å². The van der Waals surface area contributed by atoms with E-state index in [1.807, 2.05) is 0 Å². The highest BCUT2D eigenvalue weighted by molar-refractivity contribution is 6.07. The summed E-state index contributed by atoms with van der Waals surface area (Å²) in [4.78, 5) is 30.6. The Kier molecular flexibility index (Phi) is 4.53. The van der Waals surface area contributed by atoms with Gasteiger partial charge in [-0.15, -0.1) is 0 Å². The van der Waals surface area contributed by atoms with Crippen molar-refractivity contribution in [2.75, 3.05) is 5.32 Å². The van der Waals surface area contributed by atoms with Gasteiger partial charge >= 0.3 is 12.2 Å². The number of hydrogen-bond acceptors (Lipinski definition) is 4. The number of imide groups is 1. The molecular weight excluding hydrogens is 320 g/mol. The average molecular weight is 328 g/mol. The molecule has 6 nitrogen and oxygen atoms in total. The van der Waals surface area contributed by atoms with Gasteiger partial charge in [-0.1, -0.05) is 0 Å². The maximum absolute atomic E-state index is 13.6. The molecule has 0 aliphatic rings. The number of aromatic nitrogens is 2. The van der Waals surface area contributed by atoms with Gasteiger partial charge in [0, 0.05) is 12.4 Å². The molecule has 2 aromatic rings. The summed E-state index contributed by atoms with van der Waals surface area (Å²) in [5, 5.41) is 3.92. The molecule has 0 radical (unpaired) electrons. The smallest absolute Gasteiger partial charge is 0.291 e. The normalized spacial score (nSPS) is 11.0. The summed E-state index contributed by atoms with van der Waals surface area (Å²) in [5.41, 5.74) is -1.94. The fraction of sp³-hybridized carbons (Fsp3) is 0.0769. The lowest BCUT2D eigenvalue weighted by atomic mass is 10.1. The Morgan fingerprint density at radius 3 is 2.43 bits per heavy atom. The van der Waals surface area contributed by atoms with Crippen molar-refractivity contribution in [3.05, 3.63) is 53.7 Å². The molecule has 1 aromatic carbocycles. The van der Waals surface area contributed by atoms with Crippen LogP contribution in [0.5, 0.6) is 0 Å². The van der Waals surface area contributed by atoms with Crippen molar-refractivity contribution in [3.8, 4) is 0 Å². The van der Waals surface area contributed by atoms with Gasteiger partial charge in [-0.2, -0.15) is 13.2 Å². The molecule has 0 spiro atoms. The molecule has 120 valence electrons. The summed E-state index contributed by atoms with van der Waals surface area (Å²) < 4.78 is 50.8. The number of hydrogen-bond donors (Lipinski definition) is 2. The molecule has 0 aliphatic heterocycles. The number of rotatable bonds is 2. The summed E-state index contributed by atoms with van der Waals surface area (Å²) in [6.07, 6.45) is -0.902. The first-order chi connectivity index (χ1) is 10.8. The predicted molar refractivity (Wildman–Crippen MR) is 69.9 cm³/mol. The summed E-state index contributed by atoms with van der Waals surface area (Å²) in [6.45, 7) is 0. The van der Waals surface area contributed by atoms with E-state index in [1.54, 1.807) is 5.32 Å². The van der Waals surface area contributed by atoms with Crippen LogP contribution in [-0.4, -0.2) is 21.9 Å². The molecule has 10 heteroatoms. The summed E-state index contributed by atoms with van der Waals surface area (Å²) in [7, 11) is 0. The van der Waals surface area contributed by atoms with Crippen molar-refractivity contribution in [2.45, 2.75) is 6.18 Å². The van der Waals surface area contributed by atoms with Crippen LogP contribution in [0.2, 0.25) is 0 Å². The Morgan fingerprint density at radius 2 is 1.87 bits per heavy atom. The van der Waals surface area contributed by atoms with Crippen LogP contribution in [0.25, 0.3) is 0 Å². The number of alkyl halides is 3. The van der Waals surface area contributed by atoms with E-state index in [9.17, 15) is 27.2 Å². The molecule has 0 aliphatic carbocycles. The maximum atomic E-state index is 13.6. The van der Waals surface area contributed by atoms with Crippen LogP contribution in [0, 0.1) is 5.82 Å². The molecule has 0 fully saturated rings. The lowest BCUT2D eigenvalue weighted by Crippen LogP contribution is -2.35. The predicted octanol–water partition coefficient (Wildman–Crippen LogP) is 2.60. The average Bonchev–Trinajstić information content (AvgIpc) is 2.46. The standard InChI is InChI=1S/C13H8F4N4O2/c14-9-5-7(13(15,16)17)1-2-8(9)11(22)21-12(23)20-10-6-18-3-4-19-10/h1-6H,(H2,19,20,21,22,23). The SMILES string of the molecule is O=C(NC(=O)c1ccc(C(F)(F)F)cc1F)Nc1cnccn1. The van der Waals surface area contributed by atoms with Gasteiger partial charge in [-0.25, -0.2) is 14.2 Å². The van der Waals surface area contributed by atoms with Crippen molar-refractivity contribution >= 4 is 17.8 Å². The molecule has 0 unspecified atom stereocenters. The molecule has 23 heavy (non-hydrogen) atoms. The molecule has 3 amide bonds. The number of nitrogens with zero attached hydrogens (tertiary/aromatic N) is 2. The third kappa shape index (κ3) is 4.22. The first-order valence-corrected chi connectivity index (χ1v) is 6.02. The Morgan fingerprint density at radius 1 is 1.13 bits per heavy atom. The minimum Gasteiger partial charge on any atom is -0.291 e. The topological polar surface area (TPSA) is 84.0 Å². The minimum absolute atomic E-state index is 0.0330. The fourth-order valence-electron chi connectivity index (χ4n) is 1.56. The van der Waals surface area contributed by atoms with E-state index in [4.69, 9.17) is 0 Å². The van der Waals surface area contributed by atoms with Gasteiger partial charge in [0.15, 0.2) is 5.82 Å². The highest BCUT2D eigenvalue weighted by atomic mass is 19.4. The van der Waals surface area contributed by atoms with Crippen LogP contribution in [0.1, 0.15) is 15.9 Å². The largest absolute Gasteiger partial charge is 0.416 e. The summed E-state index contributed by atoms with van der Waals surface area (Å²) in [5.74, 6) is -2.56. The number of amides is 3. The number of benzene rings is 1. The van der Waals surface area contributed by atoms with E-state index in [0.29, 0.717) is 12.1 Å². The molecule has 2 N–H and O–H groups in total. The number of nitrogens with one attached hydrogen (secondary N) is 2. The second-order valence-corrected chi connectivity index (χ2v) is 4.19. The first-order valence-electron chi connectivity index (χ1n) is 6.02. The fourth-order valence-corrected chi connectivity index (χ4v) is 1.56. The van der Waals surface area contributed by atoms with E-state index in [1.165, 1.54) is 18.6 Å². The molecule has 0 bridgehead atoms. The second-order valence-electron chi connectivity index (χ2n) is 4.19. The maximum Gasteiger partial charge on any atom is 0.416 e. The molecule has 1 aromatic heterocycles. The van der Waals surface area contributed by atoms with Crippen molar-refractivity contribution in [3.63, 3.8) is 0 Å². The number of carbonyl (C=O) groups excluding carboxylic acids is 2. The molecular formula is C13H8F4N4O2. The lowest BCUT2D eigenvalue weighted by molar-refractivity contribution is -0.137. The summed E-state index contributed by atoms with van der Waals surface area (Å²) in [6, 6.07) is 0.326. The number of carbonyl (C=O) groups is 2. The van der Waals surface area contributed by atoms with Crippen molar-refractivity contribution in [1.29, 1.82) is 0 Å².